The summed E-state index contributed by atoms with van der Waals surface area (Å²) >= 11 is 1.65. The van der Waals surface area contributed by atoms with Crippen molar-refractivity contribution in [3.8, 4) is 39.5 Å². The number of imidazole rings is 1. The van der Waals surface area contributed by atoms with Crippen LogP contribution in [0.1, 0.15) is 56.9 Å². The van der Waals surface area contributed by atoms with Gasteiger partial charge in [-0.15, -0.1) is 47.3 Å². The van der Waals surface area contributed by atoms with Crippen LogP contribution in [0.15, 0.2) is 128 Å². The fourth-order valence-corrected chi connectivity index (χ4v) is 8.00. The molecule has 53 heavy (non-hydrogen) atoms. The topological polar surface area (TPSA) is 30.7 Å². The average Bonchev–Trinajstić information content (AvgIpc) is 3.73. The molecule has 0 N–H and O–H groups in total. The summed E-state index contributed by atoms with van der Waals surface area (Å²) in [7, 11) is 0. The molecular weight excluding hydrogens is 843 g/mol. The van der Waals surface area contributed by atoms with E-state index in [9.17, 15) is 0 Å². The van der Waals surface area contributed by atoms with Gasteiger partial charge in [0.1, 0.15) is 0 Å². The number of aromatic nitrogens is 3. The van der Waals surface area contributed by atoms with E-state index in [4.69, 9.17) is 4.98 Å². The number of hydrogen-bond acceptors (Lipinski definition) is 3. The molecule has 0 aliphatic rings. The third kappa shape index (κ3) is 8.14. The van der Waals surface area contributed by atoms with Gasteiger partial charge >= 0.3 is 0 Å². The van der Waals surface area contributed by atoms with Crippen molar-refractivity contribution < 1.29 is 20.1 Å². The second-order valence-electron chi connectivity index (χ2n) is 15.0. The molecule has 0 fully saturated rings. The normalized spacial score (nSPS) is 11.4. The molecule has 3 nitrogen and oxygen atoms in total. The first kappa shape index (κ1) is 38.1. The van der Waals surface area contributed by atoms with Crippen LogP contribution in [0.4, 0.5) is 0 Å². The predicted molar refractivity (Wildman–Crippen MR) is 221 cm³/mol. The van der Waals surface area contributed by atoms with Gasteiger partial charge in [-0.1, -0.05) is 117 Å². The van der Waals surface area contributed by atoms with E-state index in [1.54, 1.807) is 11.3 Å². The molecule has 1 radical (unpaired) electrons. The number of pyridine rings is 1. The number of hydrogen-bond donors (Lipinski definition) is 0. The molecular formula is C48H45IrN3S-2. The number of benzene rings is 5. The van der Waals surface area contributed by atoms with Gasteiger partial charge in [0.2, 0.25) is 0 Å². The number of nitrogens with zero attached hydrogens (tertiary/aromatic N) is 3. The summed E-state index contributed by atoms with van der Waals surface area (Å²) in [6.07, 6.45) is 3.14. The Labute approximate surface area is 332 Å². The summed E-state index contributed by atoms with van der Waals surface area (Å²) in [5.41, 5.74) is 14.4. The minimum absolute atomic E-state index is 0. The second-order valence-corrected chi connectivity index (χ2v) is 15.9. The zero-order chi connectivity index (χ0) is 36.4. The van der Waals surface area contributed by atoms with E-state index in [1.807, 2.05) is 30.5 Å². The van der Waals surface area contributed by atoms with Crippen LogP contribution in [0, 0.1) is 31.2 Å². The molecule has 0 spiro atoms. The number of aryl methyl sites for hydroxylation is 2. The number of rotatable bonds is 6. The van der Waals surface area contributed by atoms with Crippen LogP contribution in [0.5, 0.6) is 0 Å². The van der Waals surface area contributed by atoms with Gasteiger partial charge in [-0.2, -0.15) is 0 Å². The minimum Gasteiger partial charge on any atom is -0.333 e. The predicted octanol–water partition coefficient (Wildman–Crippen LogP) is 13.0. The van der Waals surface area contributed by atoms with Crippen LogP contribution in [0.3, 0.4) is 0 Å². The van der Waals surface area contributed by atoms with Gasteiger partial charge in [0, 0.05) is 32.0 Å². The van der Waals surface area contributed by atoms with Crippen LogP contribution in [-0.4, -0.2) is 14.5 Å². The SMILES string of the molecule is CC(C)Cc1cc(-c2[c-]cccc2)ncc1C(C)(C)C.Cc1cc(-n2c(-c3[c-]sc4ccccc34)nc3ccccc32)cc(C)c1-c1ccccc1.[Ir]. The molecule has 0 bridgehead atoms. The van der Waals surface area contributed by atoms with E-state index in [-0.39, 0.29) is 25.5 Å². The number of fused-ring (bicyclic) bond motifs is 2. The molecule has 269 valence electrons. The standard InChI is InChI=1S/C29H21N2S.C19H24N.Ir/c1-19-16-22(17-20(2)28(19)21-10-4-3-5-11-21)31-26-14-8-7-13-25(26)30-29(31)24-18-32-27-15-9-6-12-23(24)27;1-14(2)11-16-12-18(15-9-7-6-8-10-15)20-13-17(16)19(3,4)5;/h3-17H,1-2H3;6-9,12-14H,11H2,1-5H3;/q2*-1;. The van der Waals surface area contributed by atoms with Crippen molar-refractivity contribution in [3.05, 3.63) is 161 Å². The van der Waals surface area contributed by atoms with Crippen LogP contribution < -0.4 is 0 Å². The molecule has 3 heterocycles. The molecule has 0 saturated heterocycles. The molecule has 8 rings (SSSR count). The second kappa shape index (κ2) is 16.1. The smallest absolute Gasteiger partial charge is 0.0774 e. The van der Waals surface area contributed by atoms with E-state index >= 15 is 0 Å². The Morgan fingerprint density at radius 3 is 2.17 bits per heavy atom. The zero-order valence-electron chi connectivity index (χ0n) is 31.5. The Morgan fingerprint density at radius 2 is 1.47 bits per heavy atom. The maximum atomic E-state index is 5.06. The van der Waals surface area contributed by atoms with Crippen molar-refractivity contribution in [3.63, 3.8) is 0 Å². The Morgan fingerprint density at radius 1 is 0.792 bits per heavy atom. The summed E-state index contributed by atoms with van der Waals surface area (Å²) in [6.45, 7) is 15.7. The first-order valence-corrected chi connectivity index (χ1v) is 18.9. The van der Waals surface area contributed by atoms with E-state index in [0.29, 0.717) is 5.92 Å². The van der Waals surface area contributed by atoms with Crippen LogP contribution in [0.2, 0.25) is 0 Å². The Kier molecular flexibility index (Phi) is 11.6. The first-order chi connectivity index (χ1) is 25.1. The van der Waals surface area contributed by atoms with Crippen molar-refractivity contribution in [1.82, 2.24) is 14.5 Å². The van der Waals surface area contributed by atoms with Gasteiger partial charge in [-0.05, 0) is 94.9 Å². The third-order valence-corrected chi connectivity index (χ3v) is 10.3. The van der Waals surface area contributed by atoms with Crippen LogP contribution >= 0.6 is 11.3 Å². The van der Waals surface area contributed by atoms with Crippen molar-refractivity contribution in [2.24, 2.45) is 5.92 Å². The quantitative estimate of drug-likeness (QED) is 0.156. The number of thiophene rings is 1. The summed E-state index contributed by atoms with van der Waals surface area (Å²) in [4.78, 5) is 9.71. The fraction of sp³-hybridized carbons (Fsp3) is 0.208. The molecule has 5 heteroatoms. The van der Waals surface area contributed by atoms with E-state index in [2.05, 4.69) is 167 Å². The summed E-state index contributed by atoms with van der Waals surface area (Å²) in [5.74, 6) is 1.58. The molecule has 5 aromatic carbocycles. The van der Waals surface area contributed by atoms with Gasteiger partial charge < -0.3 is 9.55 Å². The Hall–Kier alpha value is -4.67. The molecule has 0 aliphatic heterocycles. The molecule has 0 unspecified atom stereocenters. The van der Waals surface area contributed by atoms with Gasteiger partial charge in [-0.3, -0.25) is 16.3 Å². The largest absolute Gasteiger partial charge is 0.333 e. The first-order valence-electron chi connectivity index (χ1n) is 18.1. The fourth-order valence-electron chi connectivity index (χ4n) is 7.16. The molecule has 8 aromatic rings. The van der Waals surface area contributed by atoms with Crippen molar-refractivity contribution in [1.29, 1.82) is 0 Å². The summed E-state index contributed by atoms with van der Waals surface area (Å²) in [6, 6.07) is 45.6. The monoisotopic (exact) mass is 888 g/mol. The van der Waals surface area contributed by atoms with Crippen LogP contribution in [-0.2, 0) is 31.9 Å². The number of para-hydroxylation sites is 2. The van der Waals surface area contributed by atoms with E-state index in [0.717, 1.165) is 45.8 Å². The third-order valence-electron chi connectivity index (χ3n) is 9.45. The molecule has 0 saturated carbocycles. The van der Waals surface area contributed by atoms with Gasteiger partial charge in [0.15, 0.2) is 0 Å². The van der Waals surface area contributed by atoms with Crippen molar-refractivity contribution in [2.75, 3.05) is 0 Å². The maximum Gasteiger partial charge on any atom is 0.0774 e. The van der Waals surface area contributed by atoms with E-state index < -0.39 is 0 Å². The minimum atomic E-state index is 0. The van der Waals surface area contributed by atoms with Gasteiger partial charge in [0.05, 0.1) is 16.9 Å². The van der Waals surface area contributed by atoms with Crippen LogP contribution in [0.25, 0.3) is 60.6 Å². The summed E-state index contributed by atoms with van der Waals surface area (Å²) in [5, 5.41) is 4.72. The van der Waals surface area contributed by atoms with Crippen molar-refractivity contribution in [2.45, 2.75) is 60.3 Å². The Balaban J connectivity index is 0.000000199. The van der Waals surface area contributed by atoms with E-state index in [1.165, 1.54) is 43.5 Å². The average molecular weight is 888 g/mol. The molecule has 0 aliphatic carbocycles. The van der Waals surface area contributed by atoms with Crippen molar-refractivity contribution >= 4 is 32.5 Å². The van der Waals surface area contributed by atoms with Gasteiger partial charge in [0.25, 0.3) is 0 Å². The maximum absolute atomic E-state index is 5.06. The molecule has 3 aromatic heterocycles. The Bertz CT molecular complexity index is 2450. The summed E-state index contributed by atoms with van der Waals surface area (Å²) < 4.78 is 3.52. The molecule has 0 amide bonds. The van der Waals surface area contributed by atoms with Gasteiger partial charge in [-0.25, -0.2) is 0 Å². The zero-order valence-corrected chi connectivity index (χ0v) is 34.7. The molecule has 0 atom stereocenters.